The van der Waals surface area contributed by atoms with Crippen molar-refractivity contribution >= 4 is 11.7 Å². The van der Waals surface area contributed by atoms with E-state index < -0.39 is 0 Å². The van der Waals surface area contributed by atoms with Gasteiger partial charge >= 0.3 is 6.03 Å². The van der Waals surface area contributed by atoms with Crippen LogP contribution in [-0.2, 0) is 4.74 Å². The maximum atomic E-state index is 13.3. The first-order valence-corrected chi connectivity index (χ1v) is 8.92. The Bertz CT molecular complexity index is 748. The highest BCUT2D eigenvalue weighted by molar-refractivity contribution is 5.89. The van der Waals surface area contributed by atoms with Gasteiger partial charge in [-0.25, -0.2) is 9.18 Å². The summed E-state index contributed by atoms with van der Waals surface area (Å²) in [6, 6.07) is 13.2. The molecule has 0 aromatic heterocycles. The van der Waals surface area contributed by atoms with Crippen LogP contribution in [0.4, 0.5) is 14.9 Å². The van der Waals surface area contributed by atoms with E-state index in [1.165, 1.54) is 12.1 Å². The molecule has 1 aliphatic rings. The molecule has 0 bridgehead atoms. The minimum atomic E-state index is -0.302. The van der Waals surface area contributed by atoms with Crippen LogP contribution in [0.2, 0.25) is 0 Å². The average Bonchev–Trinajstić information content (AvgIpc) is 2.70. The molecule has 1 atom stereocenters. The summed E-state index contributed by atoms with van der Waals surface area (Å²) in [4.78, 5) is 14.6. The van der Waals surface area contributed by atoms with Crippen LogP contribution < -0.4 is 15.4 Å². The molecule has 1 aliphatic heterocycles. The van der Waals surface area contributed by atoms with Gasteiger partial charge in [0, 0.05) is 31.4 Å². The van der Waals surface area contributed by atoms with Gasteiger partial charge in [-0.15, -0.1) is 0 Å². The molecule has 0 aliphatic carbocycles. The van der Waals surface area contributed by atoms with Crippen LogP contribution in [0.15, 0.2) is 48.5 Å². The fourth-order valence-corrected chi connectivity index (χ4v) is 3.10. The standard InChI is InChI=1S/C20H24FN3O3/c1-26-18-4-2-3-17(13-18)23-20(25)22-14-19(24-9-11-27-12-10-24)15-5-7-16(21)8-6-15/h2-8,13,19H,9-12,14H2,1H3,(H2,22,23,25). The zero-order valence-electron chi connectivity index (χ0n) is 15.3. The molecule has 144 valence electrons. The van der Waals surface area contributed by atoms with E-state index in [-0.39, 0.29) is 17.9 Å². The van der Waals surface area contributed by atoms with E-state index in [2.05, 4.69) is 15.5 Å². The van der Waals surface area contributed by atoms with Gasteiger partial charge in [0.25, 0.3) is 0 Å². The van der Waals surface area contributed by atoms with E-state index >= 15 is 0 Å². The highest BCUT2D eigenvalue weighted by Gasteiger charge is 2.23. The summed E-state index contributed by atoms with van der Waals surface area (Å²) < 4.78 is 23.9. The third-order valence-corrected chi connectivity index (χ3v) is 4.52. The molecular weight excluding hydrogens is 349 g/mol. The fraction of sp³-hybridized carbons (Fsp3) is 0.350. The summed E-state index contributed by atoms with van der Waals surface area (Å²) in [5.74, 6) is 0.397. The number of hydrogen-bond donors (Lipinski definition) is 2. The summed E-state index contributed by atoms with van der Waals surface area (Å²) >= 11 is 0. The van der Waals surface area contributed by atoms with E-state index in [1.54, 1.807) is 31.4 Å². The number of methoxy groups -OCH3 is 1. The van der Waals surface area contributed by atoms with Crippen LogP contribution in [0.5, 0.6) is 5.75 Å². The van der Waals surface area contributed by atoms with Gasteiger partial charge in [0.05, 0.1) is 26.4 Å². The monoisotopic (exact) mass is 373 g/mol. The third kappa shape index (κ3) is 5.42. The molecule has 27 heavy (non-hydrogen) atoms. The zero-order chi connectivity index (χ0) is 19.1. The van der Waals surface area contributed by atoms with E-state index in [1.807, 2.05) is 12.1 Å². The largest absolute Gasteiger partial charge is 0.497 e. The Balaban J connectivity index is 1.64. The molecule has 2 aromatic rings. The van der Waals surface area contributed by atoms with Crippen molar-refractivity contribution in [3.8, 4) is 5.75 Å². The van der Waals surface area contributed by atoms with Crippen molar-refractivity contribution in [1.82, 2.24) is 10.2 Å². The number of hydrogen-bond acceptors (Lipinski definition) is 4. The SMILES string of the molecule is COc1cccc(NC(=O)NCC(c2ccc(F)cc2)N2CCOCC2)c1. The van der Waals surface area contributed by atoms with E-state index in [9.17, 15) is 9.18 Å². The molecule has 2 N–H and O–H groups in total. The lowest BCUT2D eigenvalue weighted by Crippen LogP contribution is -2.44. The van der Waals surface area contributed by atoms with Gasteiger partial charge < -0.3 is 20.1 Å². The number of rotatable bonds is 6. The van der Waals surface area contributed by atoms with Crippen molar-refractivity contribution in [1.29, 1.82) is 0 Å². The molecule has 2 aromatic carbocycles. The normalized spacial score (nSPS) is 15.8. The summed E-state index contributed by atoms with van der Waals surface area (Å²) in [5, 5.41) is 5.71. The van der Waals surface area contributed by atoms with Crippen LogP contribution >= 0.6 is 0 Å². The third-order valence-electron chi connectivity index (χ3n) is 4.52. The van der Waals surface area contributed by atoms with Gasteiger partial charge in [0.1, 0.15) is 11.6 Å². The number of nitrogens with zero attached hydrogens (tertiary/aromatic N) is 1. The van der Waals surface area contributed by atoms with Crippen LogP contribution in [0.3, 0.4) is 0 Å². The smallest absolute Gasteiger partial charge is 0.319 e. The van der Waals surface area contributed by atoms with E-state index in [0.29, 0.717) is 31.2 Å². The number of carbonyl (C=O) groups excluding carboxylic acids is 1. The van der Waals surface area contributed by atoms with Crippen LogP contribution in [0.1, 0.15) is 11.6 Å². The molecule has 0 saturated carbocycles. The topological polar surface area (TPSA) is 62.8 Å². The second-order valence-corrected chi connectivity index (χ2v) is 6.28. The highest BCUT2D eigenvalue weighted by Crippen LogP contribution is 2.22. The van der Waals surface area contributed by atoms with Crippen molar-refractivity contribution in [2.75, 3.05) is 45.3 Å². The lowest BCUT2D eigenvalue weighted by Gasteiger charge is -2.35. The van der Waals surface area contributed by atoms with Crippen molar-refractivity contribution < 1.29 is 18.7 Å². The first-order valence-electron chi connectivity index (χ1n) is 8.92. The molecular formula is C20H24FN3O3. The Labute approximate surface area is 158 Å². The quantitative estimate of drug-likeness (QED) is 0.817. The summed E-state index contributed by atoms with van der Waals surface area (Å²) in [5.41, 5.74) is 1.61. The van der Waals surface area contributed by atoms with Crippen molar-refractivity contribution in [3.63, 3.8) is 0 Å². The number of carbonyl (C=O) groups is 1. The molecule has 0 radical (unpaired) electrons. The zero-order valence-corrected chi connectivity index (χ0v) is 15.3. The highest BCUT2D eigenvalue weighted by atomic mass is 19.1. The number of urea groups is 1. The number of amides is 2. The van der Waals surface area contributed by atoms with Gasteiger partial charge in [-0.2, -0.15) is 0 Å². The number of benzene rings is 2. The van der Waals surface area contributed by atoms with E-state index in [4.69, 9.17) is 9.47 Å². The summed E-state index contributed by atoms with van der Waals surface area (Å²) in [6.45, 7) is 3.23. The fourth-order valence-electron chi connectivity index (χ4n) is 3.10. The molecule has 3 rings (SSSR count). The molecule has 7 heteroatoms. The number of anilines is 1. The second-order valence-electron chi connectivity index (χ2n) is 6.28. The van der Waals surface area contributed by atoms with Crippen LogP contribution in [0, 0.1) is 5.82 Å². The number of halogens is 1. The van der Waals surface area contributed by atoms with Gasteiger partial charge in [0.15, 0.2) is 0 Å². The van der Waals surface area contributed by atoms with E-state index in [0.717, 1.165) is 18.7 Å². The number of nitrogens with one attached hydrogen (secondary N) is 2. The minimum absolute atomic E-state index is 0.0504. The minimum Gasteiger partial charge on any atom is -0.497 e. The number of ether oxygens (including phenoxy) is 2. The predicted molar refractivity (Wildman–Crippen MR) is 102 cm³/mol. The van der Waals surface area contributed by atoms with Gasteiger partial charge in [-0.3, -0.25) is 4.90 Å². The van der Waals surface area contributed by atoms with Crippen molar-refractivity contribution in [2.24, 2.45) is 0 Å². The molecule has 1 unspecified atom stereocenters. The molecule has 1 saturated heterocycles. The number of morpholine rings is 1. The predicted octanol–water partition coefficient (Wildman–Crippen LogP) is 3.03. The average molecular weight is 373 g/mol. The summed E-state index contributed by atoms with van der Waals surface area (Å²) in [6.07, 6.45) is 0. The maximum Gasteiger partial charge on any atom is 0.319 e. The first kappa shape index (κ1) is 19.1. The van der Waals surface area contributed by atoms with Gasteiger partial charge in [-0.05, 0) is 29.8 Å². The lowest BCUT2D eigenvalue weighted by atomic mass is 10.0. The first-order chi connectivity index (χ1) is 13.2. The molecule has 1 heterocycles. The second kappa shape index (κ2) is 9.34. The van der Waals surface area contributed by atoms with Crippen molar-refractivity contribution in [3.05, 3.63) is 59.9 Å². The Hall–Kier alpha value is -2.64. The Kier molecular flexibility index (Phi) is 6.62. The Morgan fingerprint density at radius 1 is 1.22 bits per heavy atom. The molecule has 0 spiro atoms. The molecule has 6 nitrogen and oxygen atoms in total. The van der Waals surface area contributed by atoms with Crippen molar-refractivity contribution in [2.45, 2.75) is 6.04 Å². The Morgan fingerprint density at radius 2 is 1.96 bits per heavy atom. The van der Waals surface area contributed by atoms with Gasteiger partial charge in [-0.1, -0.05) is 18.2 Å². The Morgan fingerprint density at radius 3 is 2.67 bits per heavy atom. The molecule has 2 amide bonds. The van der Waals surface area contributed by atoms with Crippen LogP contribution in [0.25, 0.3) is 0 Å². The van der Waals surface area contributed by atoms with Crippen LogP contribution in [-0.4, -0.2) is 50.9 Å². The summed E-state index contributed by atoms with van der Waals surface area (Å²) in [7, 11) is 1.58. The van der Waals surface area contributed by atoms with Gasteiger partial charge in [0.2, 0.25) is 0 Å². The lowest BCUT2D eigenvalue weighted by molar-refractivity contribution is 0.0167. The maximum absolute atomic E-state index is 13.3. The molecule has 1 fully saturated rings.